The van der Waals surface area contributed by atoms with Gasteiger partial charge in [-0.25, -0.2) is 0 Å². The van der Waals surface area contributed by atoms with Gasteiger partial charge in [-0.05, 0) is 52.0 Å². The van der Waals surface area contributed by atoms with E-state index in [1.54, 1.807) is 0 Å². The molecule has 0 spiro atoms. The largest absolute Gasteiger partial charge is 0.313 e. The summed E-state index contributed by atoms with van der Waals surface area (Å²) in [5.41, 5.74) is 0.894. The van der Waals surface area contributed by atoms with E-state index in [1.165, 1.54) is 77.7 Å². The van der Waals surface area contributed by atoms with Crippen molar-refractivity contribution in [3.8, 4) is 0 Å². The van der Waals surface area contributed by atoms with Crippen molar-refractivity contribution in [3.63, 3.8) is 0 Å². The molecule has 2 aliphatic carbocycles. The second kappa shape index (κ2) is 6.17. The minimum Gasteiger partial charge on any atom is -0.313 e. The van der Waals surface area contributed by atoms with Crippen molar-refractivity contribution in [1.82, 2.24) is 15.1 Å². The number of likely N-dealkylation sites (N-methyl/N-ethyl adjacent to an activating group) is 1. The lowest BCUT2D eigenvalue weighted by Gasteiger charge is -2.49. The van der Waals surface area contributed by atoms with Crippen molar-refractivity contribution >= 4 is 0 Å². The molecule has 0 radical (unpaired) electrons. The molecule has 3 fully saturated rings. The molecule has 3 nitrogen and oxygen atoms in total. The third-order valence-corrected chi connectivity index (χ3v) is 6.21. The SMILES string of the molecule is CN1CCN(CC2(CNC3CC3)CCCCC2)CC1(C)C. The first kappa shape index (κ1) is 15.8. The molecule has 3 aliphatic rings. The van der Waals surface area contributed by atoms with Crippen LogP contribution in [0.25, 0.3) is 0 Å². The predicted molar refractivity (Wildman–Crippen MR) is 89.7 cm³/mol. The summed E-state index contributed by atoms with van der Waals surface area (Å²) in [5, 5.41) is 3.85. The molecule has 1 aliphatic heterocycles. The molecule has 0 amide bonds. The molecule has 2 saturated carbocycles. The van der Waals surface area contributed by atoms with Gasteiger partial charge in [0, 0.05) is 44.3 Å². The minimum absolute atomic E-state index is 0.331. The van der Waals surface area contributed by atoms with Gasteiger partial charge in [0.25, 0.3) is 0 Å². The summed E-state index contributed by atoms with van der Waals surface area (Å²) in [6.45, 7) is 11.1. The molecule has 0 bridgehead atoms. The predicted octanol–water partition coefficient (Wildman–Crippen LogP) is 2.71. The van der Waals surface area contributed by atoms with Gasteiger partial charge in [-0.1, -0.05) is 19.3 Å². The number of hydrogen-bond acceptors (Lipinski definition) is 3. The van der Waals surface area contributed by atoms with Gasteiger partial charge in [0.05, 0.1) is 0 Å². The Morgan fingerprint density at radius 1 is 1.05 bits per heavy atom. The molecule has 0 atom stereocenters. The van der Waals surface area contributed by atoms with Crippen LogP contribution in [0.2, 0.25) is 0 Å². The zero-order chi connectivity index (χ0) is 14.9. The molecular weight excluding hydrogens is 258 g/mol. The fourth-order valence-corrected chi connectivity index (χ4v) is 4.29. The number of nitrogens with one attached hydrogen (secondary N) is 1. The van der Waals surface area contributed by atoms with E-state index in [4.69, 9.17) is 0 Å². The van der Waals surface area contributed by atoms with Crippen molar-refractivity contribution in [2.45, 2.75) is 70.4 Å². The van der Waals surface area contributed by atoms with E-state index in [-0.39, 0.29) is 0 Å². The number of hydrogen-bond donors (Lipinski definition) is 1. The van der Waals surface area contributed by atoms with Gasteiger partial charge >= 0.3 is 0 Å². The Bertz CT molecular complexity index is 342. The van der Waals surface area contributed by atoms with E-state index in [0.717, 1.165) is 6.04 Å². The summed E-state index contributed by atoms with van der Waals surface area (Å²) < 4.78 is 0. The van der Waals surface area contributed by atoms with E-state index >= 15 is 0 Å². The van der Waals surface area contributed by atoms with Crippen LogP contribution in [0.5, 0.6) is 0 Å². The first-order valence-corrected chi connectivity index (χ1v) is 9.16. The Hall–Kier alpha value is -0.120. The van der Waals surface area contributed by atoms with Gasteiger partial charge < -0.3 is 5.32 Å². The third-order valence-electron chi connectivity index (χ3n) is 6.21. The first-order valence-electron chi connectivity index (χ1n) is 9.16. The quantitative estimate of drug-likeness (QED) is 0.841. The standard InChI is InChI=1S/C18H35N3/c1-17(2)14-21(12-11-20(17)3)15-18(9-5-4-6-10-18)13-19-16-7-8-16/h16,19H,4-15H2,1-3H3. The van der Waals surface area contributed by atoms with E-state index in [1.807, 2.05) is 0 Å². The van der Waals surface area contributed by atoms with E-state index in [0.29, 0.717) is 11.0 Å². The Morgan fingerprint density at radius 2 is 1.76 bits per heavy atom. The van der Waals surface area contributed by atoms with Gasteiger partial charge in [-0.15, -0.1) is 0 Å². The highest BCUT2D eigenvalue weighted by molar-refractivity contribution is 4.95. The Labute approximate surface area is 131 Å². The Balaban J connectivity index is 1.60. The van der Waals surface area contributed by atoms with Crippen LogP contribution in [-0.2, 0) is 0 Å². The molecular formula is C18H35N3. The van der Waals surface area contributed by atoms with Crippen LogP contribution < -0.4 is 5.32 Å². The van der Waals surface area contributed by atoms with E-state index in [2.05, 4.69) is 36.0 Å². The molecule has 0 unspecified atom stereocenters. The lowest BCUT2D eigenvalue weighted by molar-refractivity contribution is 0.00647. The Kier molecular flexibility index (Phi) is 4.63. The zero-order valence-corrected chi connectivity index (χ0v) is 14.5. The smallest absolute Gasteiger partial charge is 0.0277 e. The maximum atomic E-state index is 3.85. The van der Waals surface area contributed by atoms with Crippen LogP contribution in [0.1, 0.15) is 58.8 Å². The second-order valence-electron chi connectivity index (χ2n) is 8.66. The average Bonchev–Trinajstić information content (AvgIpc) is 3.26. The van der Waals surface area contributed by atoms with Crippen LogP contribution >= 0.6 is 0 Å². The van der Waals surface area contributed by atoms with Crippen LogP contribution in [0.4, 0.5) is 0 Å². The lowest BCUT2D eigenvalue weighted by Crippen LogP contribution is -2.60. The fourth-order valence-electron chi connectivity index (χ4n) is 4.29. The monoisotopic (exact) mass is 293 g/mol. The highest BCUT2D eigenvalue weighted by Crippen LogP contribution is 2.38. The van der Waals surface area contributed by atoms with Gasteiger partial charge in [-0.2, -0.15) is 0 Å². The van der Waals surface area contributed by atoms with Crippen molar-refractivity contribution in [2.24, 2.45) is 5.41 Å². The normalized spacial score (nSPS) is 30.4. The summed E-state index contributed by atoms with van der Waals surface area (Å²) in [7, 11) is 2.28. The van der Waals surface area contributed by atoms with E-state index in [9.17, 15) is 0 Å². The van der Waals surface area contributed by atoms with Crippen LogP contribution in [0.3, 0.4) is 0 Å². The molecule has 0 aromatic heterocycles. The molecule has 3 heteroatoms. The molecule has 1 N–H and O–H groups in total. The van der Waals surface area contributed by atoms with Gasteiger partial charge in [0.1, 0.15) is 0 Å². The molecule has 0 aromatic carbocycles. The molecule has 122 valence electrons. The molecule has 21 heavy (non-hydrogen) atoms. The maximum absolute atomic E-state index is 3.85. The van der Waals surface area contributed by atoms with Crippen molar-refractivity contribution < 1.29 is 0 Å². The van der Waals surface area contributed by atoms with Crippen molar-refractivity contribution in [1.29, 1.82) is 0 Å². The van der Waals surface area contributed by atoms with Crippen molar-refractivity contribution in [3.05, 3.63) is 0 Å². The maximum Gasteiger partial charge on any atom is 0.0277 e. The fraction of sp³-hybridized carbons (Fsp3) is 1.00. The number of nitrogens with zero attached hydrogens (tertiary/aromatic N) is 2. The highest BCUT2D eigenvalue weighted by atomic mass is 15.3. The average molecular weight is 293 g/mol. The molecule has 1 heterocycles. The summed E-state index contributed by atoms with van der Waals surface area (Å²) in [4.78, 5) is 5.29. The van der Waals surface area contributed by atoms with Crippen LogP contribution in [0, 0.1) is 5.41 Å². The van der Waals surface area contributed by atoms with E-state index < -0.39 is 0 Å². The zero-order valence-electron chi connectivity index (χ0n) is 14.5. The summed E-state index contributed by atoms with van der Waals surface area (Å²) in [6, 6.07) is 0.854. The summed E-state index contributed by atoms with van der Waals surface area (Å²) in [6.07, 6.45) is 10.1. The lowest BCUT2D eigenvalue weighted by atomic mass is 9.73. The minimum atomic E-state index is 0.331. The van der Waals surface area contributed by atoms with Gasteiger partial charge in [0.2, 0.25) is 0 Å². The van der Waals surface area contributed by atoms with Crippen LogP contribution in [0.15, 0.2) is 0 Å². The molecule has 3 rings (SSSR count). The van der Waals surface area contributed by atoms with Crippen LogP contribution in [-0.4, -0.2) is 61.2 Å². The highest BCUT2D eigenvalue weighted by Gasteiger charge is 2.38. The first-order chi connectivity index (χ1) is 9.99. The Morgan fingerprint density at radius 3 is 2.38 bits per heavy atom. The molecule has 1 saturated heterocycles. The molecule has 0 aromatic rings. The number of rotatable bonds is 5. The second-order valence-corrected chi connectivity index (χ2v) is 8.66. The third kappa shape index (κ3) is 4.00. The van der Waals surface area contributed by atoms with Crippen molar-refractivity contribution in [2.75, 3.05) is 39.8 Å². The summed E-state index contributed by atoms with van der Waals surface area (Å²) >= 11 is 0. The summed E-state index contributed by atoms with van der Waals surface area (Å²) in [5.74, 6) is 0. The van der Waals surface area contributed by atoms with Gasteiger partial charge in [0.15, 0.2) is 0 Å². The number of piperazine rings is 1. The topological polar surface area (TPSA) is 18.5 Å². The van der Waals surface area contributed by atoms with Gasteiger partial charge in [-0.3, -0.25) is 9.80 Å².